The first-order valence-electron chi connectivity index (χ1n) is 9.94. The Labute approximate surface area is 193 Å². The summed E-state index contributed by atoms with van der Waals surface area (Å²) in [7, 11) is 3.17. The molecule has 0 aliphatic heterocycles. The molecule has 2 atom stereocenters. The molecule has 0 heterocycles. The first-order chi connectivity index (χ1) is 14.4. The van der Waals surface area contributed by atoms with Gasteiger partial charge in [-0.2, -0.15) is 0 Å². The maximum Gasteiger partial charge on any atom is 1.00 e. The van der Waals surface area contributed by atoms with Crippen molar-refractivity contribution in [1.82, 2.24) is 10.2 Å². The van der Waals surface area contributed by atoms with Gasteiger partial charge in [-0.3, -0.25) is 9.59 Å². The fourth-order valence-corrected chi connectivity index (χ4v) is 3.95. The van der Waals surface area contributed by atoms with Crippen LogP contribution < -0.4 is 24.2 Å². The van der Waals surface area contributed by atoms with Gasteiger partial charge in [0.2, 0.25) is 0 Å². The molecule has 2 aliphatic carbocycles. The predicted octanol–water partition coefficient (Wildman–Crippen LogP) is -0.0744. The number of para-hydroxylation sites is 1. The average Bonchev–Trinajstić information content (AvgIpc) is 2.76. The molecule has 0 saturated carbocycles. The number of Topliss-reactive ketones (excluding diaryl/α,β-unsaturated/α-hetero) is 1. The predicted molar refractivity (Wildman–Crippen MR) is 112 cm³/mol. The minimum atomic E-state index is -1.26. The minimum Gasteiger partial charge on any atom is -0.650 e. The van der Waals surface area contributed by atoms with Crippen molar-refractivity contribution in [2.24, 2.45) is 0 Å². The van der Waals surface area contributed by atoms with E-state index in [1.165, 1.54) is 22.6 Å². The SMILES string of the molecule is CN(C)C(=O)c1cccc([N-]C2=C(N[C@@H]3CCCc4ccccc43)C(O)C2=O)c1O.[Li+]. The number of aromatic hydroxyl groups is 1. The summed E-state index contributed by atoms with van der Waals surface area (Å²) in [5.74, 6) is -1.17. The molecule has 31 heavy (non-hydrogen) atoms. The Morgan fingerprint density at radius 1 is 1.16 bits per heavy atom. The van der Waals surface area contributed by atoms with E-state index in [4.69, 9.17) is 0 Å². The van der Waals surface area contributed by atoms with Gasteiger partial charge in [0.15, 0.2) is 11.9 Å². The Hall–Kier alpha value is -2.72. The van der Waals surface area contributed by atoms with Crippen molar-refractivity contribution in [1.29, 1.82) is 0 Å². The molecule has 1 amide bonds. The summed E-state index contributed by atoms with van der Waals surface area (Å²) in [5.41, 5.74) is 3.06. The van der Waals surface area contributed by atoms with E-state index in [1.807, 2.05) is 12.1 Å². The van der Waals surface area contributed by atoms with Gasteiger partial charge < -0.3 is 25.7 Å². The molecule has 7 nitrogen and oxygen atoms in total. The fraction of sp³-hybridized carbons (Fsp3) is 0.304. The van der Waals surface area contributed by atoms with Gasteiger partial charge in [-0.25, -0.2) is 0 Å². The summed E-state index contributed by atoms with van der Waals surface area (Å²) in [5, 5.41) is 28.3. The van der Waals surface area contributed by atoms with E-state index < -0.39 is 11.9 Å². The number of aliphatic hydroxyl groups is 1. The van der Waals surface area contributed by atoms with Crippen LogP contribution in [0.1, 0.15) is 40.4 Å². The molecule has 0 spiro atoms. The maximum atomic E-state index is 12.3. The van der Waals surface area contributed by atoms with E-state index in [-0.39, 0.29) is 53.5 Å². The van der Waals surface area contributed by atoms with Crippen LogP contribution in [-0.2, 0) is 11.2 Å². The topological polar surface area (TPSA) is 104 Å². The van der Waals surface area contributed by atoms with Crippen molar-refractivity contribution in [3.05, 3.63) is 75.9 Å². The van der Waals surface area contributed by atoms with Crippen LogP contribution >= 0.6 is 0 Å². The summed E-state index contributed by atoms with van der Waals surface area (Å²) in [6.07, 6.45) is 1.64. The van der Waals surface area contributed by atoms with Crippen LogP contribution in [0, 0.1) is 0 Å². The molecule has 0 radical (unpaired) electrons. The molecule has 2 aliphatic rings. The second-order valence-electron chi connectivity index (χ2n) is 7.80. The van der Waals surface area contributed by atoms with Crippen LogP contribution in [0.3, 0.4) is 0 Å². The van der Waals surface area contributed by atoms with Gasteiger partial charge in [0.25, 0.3) is 5.91 Å². The van der Waals surface area contributed by atoms with Gasteiger partial charge in [-0.15, -0.1) is 0 Å². The van der Waals surface area contributed by atoms with Crippen molar-refractivity contribution in [3.8, 4) is 5.75 Å². The van der Waals surface area contributed by atoms with Gasteiger partial charge in [-0.1, -0.05) is 47.8 Å². The normalized spacial score (nSPS) is 19.6. The summed E-state index contributed by atoms with van der Waals surface area (Å²) in [4.78, 5) is 25.9. The molecule has 0 aromatic heterocycles. The Balaban J connectivity index is 0.00000272. The maximum absolute atomic E-state index is 12.3. The van der Waals surface area contributed by atoms with Crippen molar-refractivity contribution in [3.63, 3.8) is 0 Å². The number of ketones is 1. The first-order valence-corrected chi connectivity index (χ1v) is 9.94. The van der Waals surface area contributed by atoms with Gasteiger partial charge in [0.05, 0.1) is 11.6 Å². The van der Waals surface area contributed by atoms with Crippen LogP contribution in [0.4, 0.5) is 5.69 Å². The number of aliphatic hydroxyl groups excluding tert-OH is 1. The molecule has 0 saturated heterocycles. The molecule has 3 N–H and O–H groups in total. The number of fused-ring (bicyclic) bond motifs is 1. The van der Waals surface area contributed by atoms with Crippen molar-refractivity contribution in [2.75, 3.05) is 14.1 Å². The fourth-order valence-electron chi connectivity index (χ4n) is 3.95. The van der Waals surface area contributed by atoms with Gasteiger partial charge in [0.1, 0.15) is 5.75 Å². The number of hydrogen-bond acceptors (Lipinski definition) is 5. The van der Waals surface area contributed by atoms with Crippen molar-refractivity contribution < 1.29 is 38.7 Å². The van der Waals surface area contributed by atoms with E-state index in [1.54, 1.807) is 20.2 Å². The zero-order chi connectivity index (χ0) is 21.4. The number of carbonyl (C=O) groups is 2. The number of carbonyl (C=O) groups excluding carboxylic acids is 2. The van der Waals surface area contributed by atoms with E-state index in [2.05, 4.69) is 22.8 Å². The van der Waals surface area contributed by atoms with Crippen LogP contribution in [0.25, 0.3) is 5.32 Å². The zero-order valence-electron chi connectivity index (χ0n) is 17.9. The quantitative estimate of drug-likeness (QED) is 0.596. The Kier molecular flexibility index (Phi) is 6.80. The van der Waals surface area contributed by atoms with Gasteiger partial charge >= 0.3 is 18.9 Å². The molecule has 2 aromatic rings. The number of hydrogen-bond donors (Lipinski definition) is 3. The summed E-state index contributed by atoms with van der Waals surface area (Å²) in [6.45, 7) is 0. The van der Waals surface area contributed by atoms with Crippen LogP contribution in [0.5, 0.6) is 5.75 Å². The van der Waals surface area contributed by atoms with Crippen LogP contribution in [-0.4, -0.2) is 47.0 Å². The molecule has 0 bridgehead atoms. The van der Waals surface area contributed by atoms with Crippen LogP contribution in [0.15, 0.2) is 53.9 Å². The number of benzene rings is 2. The van der Waals surface area contributed by atoms with Crippen molar-refractivity contribution >= 4 is 17.4 Å². The largest absolute Gasteiger partial charge is 1.00 e. The first kappa shape index (κ1) is 23.0. The Bertz CT molecular complexity index is 1050. The third-order valence-electron chi connectivity index (χ3n) is 5.59. The number of rotatable bonds is 5. The number of amides is 1. The second-order valence-corrected chi connectivity index (χ2v) is 7.80. The molecule has 8 heteroatoms. The smallest absolute Gasteiger partial charge is 0.650 e. The minimum absolute atomic E-state index is 0. The summed E-state index contributed by atoms with van der Waals surface area (Å²) >= 11 is 0. The number of aryl methyl sites for hydroxylation is 1. The number of nitrogens with zero attached hydrogens (tertiary/aromatic N) is 2. The van der Waals surface area contributed by atoms with E-state index >= 15 is 0 Å². The van der Waals surface area contributed by atoms with Gasteiger partial charge in [-0.05, 0) is 36.5 Å². The van der Waals surface area contributed by atoms with Gasteiger partial charge in [0, 0.05) is 19.8 Å². The van der Waals surface area contributed by atoms with Crippen LogP contribution in [0.2, 0.25) is 0 Å². The molecule has 156 valence electrons. The number of phenolic OH excluding ortho intramolecular Hbond substituents is 1. The molecule has 2 aromatic carbocycles. The standard InChI is InChI=1S/C23H24N3O4.Li/c1-26(2)23(30)15-10-6-12-17(20(15)27)25-19-18(21(28)22(19)29)24-16-11-5-8-13-7-3-4-9-14(13)16;/h3-4,6-7,9-10,12,16,21,28H,5,8,11H2,1-2H3,(H,24,29)(H,27,30);/q-1;+1/t16-,21?;/m1./s1. The second kappa shape index (κ2) is 9.19. The summed E-state index contributed by atoms with van der Waals surface area (Å²) < 4.78 is 0. The summed E-state index contributed by atoms with van der Waals surface area (Å²) in [6, 6.07) is 12.7. The Morgan fingerprint density at radius 2 is 1.90 bits per heavy atom. The molecule has 0 fully saturated rings. The molecular formula is C23H24LiN3O4. The average molecular weight is 413 g/mol. The number of nitrogens with one attached hydrogen (secondary N) is 1. The van der Waals surface area contributed by atoms with E-state index in [9.17, 15) is 19.8 Å². The zero-order valence-corrected chi connectivity index (χ0v) is 17.9. The van der Waals surface area contributed by atoms with Crippen molar-refractivity contribution in [2.45, 2.75) is 31.4 Å². The monoisotopic (exact) mass is 413 g/mol. The number of phenols is 1. The third-order valence-corrected chi connectivity index (χ3v) is 5.59. The molecular weight excluding hydrogens is 389 g/mol. The molecule has 1 unspecified atom stereocenters. The Morgan fingerprint density at radius 3 is 2.65 bits per heavy atom. The molecule has 4 rings (SSSR count). The third kappa shape index (κ3) is 4.22. The van der Waals surface area contributed by atoms with E-state index in [0.717, 1.165) is 24.8 Å². The van der Waals surface area contributed by atoms with E-state index in [0.29, 0.717) is 5.70 Å².